The molecule has 1 amide bonds. The molecule has 0 N–H and O–H groups in total. The largest absolute Gasteiger partial charge is 0.287 e. The van der Waals surface area contributed by atoms with Gasteiger partial charge in [0.05, 0.1) is 11.7 Å². The van der Waals surface area contributed by atoms with E-state index < -0.39 is 5.54 Å². The van der Waals surface area contributed by atoms with Crippen LogP contribution in [0.25, 0.3) is 16.9 Å². The van der Waals surface area contributed by atoms with Crippen LogP contribution in [0.2, 0.25) is 0 Å². The number of hydrogen-bond donors (Lipinski definition) is 0. The lowest BCUT2D eigenvalue weighted by Gasteiger charge is -2.30. The summed E-state index contributed by atoms with van der Waals surface area (Å²) >= 11 is 0. The molecule has 194 valence electrons. The quantitative estimate of drug-likeness (QED) is 0.194. The van der Waals surface area contributed by atoms with Crippen LogP contribution in [0.1, 0.15) is 104 Å². The molecule has 0 aliphatic carbocycles. The van der Waals surface area contributed by atoms with E-state index in [2.05, 4.69) is 34.6 Å². The summed E-state index contributed by atoms with van der Waals surface area (Å²) < 4.78 is 3.88. The summed E-state index contributed by atoms with van der Waals surface area (Å²) in [6, 6.07) is 15.9. The number of fused-ring (bicyclic) bond motifs is 1. The Hall–Kier alpha value is -2.95. The number of rotatable bonds is 12. The summed E-state index contributed by atoms with van der Waals surface area (Å²) in [5.41, 5.74) is 2.06. The molecule has 0 aliphatic rings. The molecule has 0 atom stereocenters. The molecule has 0 spiro atoms. The van der Waals surface area contributed by atoms with Gasteiger partial charge in [0, 0.05) is 24.5 Å². The number of unbranched alkanes of at least 4 members (excludes halogenated alkanes) is 6. The number of nitrogens with zero attached hydrogens (tertiary/aromatic N) is 3. The minimum absolute atomic E-state index is 0.0733. The van der Waals surface area contributed by atoms with Crippen LogP contribution in [0.3, 0.4) is 0 Å². The third-order valence-corrected chi connectivity index (χ3v) is 6.65. The van der Waals surface area contributed by atoms with Crippen molar-refractivity contribution in [1.82, 2.24) is 4.57 Å². The molecule has 0 fully saturated rings. The molecule has 0 bridgehead atoms. The zero-order valence-corrected chi connectivity index (χ0v) is 22.9. The van der Waals surface area contributed by atoms with Crippen LogP contribution >= 0.6 is 0 Å². The zero-order chi connectivity index (χ0) is 26.1. The predicted molar refractivity (Wildman–Crippen MR) is 148 cm³/mol. The van der Waals surface area contributed by atoms with Gasteiger partial charge in [0.1, 0.15) is 0 Å². The highest BCUT2D eigenvalue weighted by atomic mass is 16.2. The second-order valence-corrected chi connectivity index (χ2v) is 10.7. The third kappa shape index (κ3) is 6.43. The number of carbonyl (C=O) groups is 2. The second kappa shape index (κ2) is 12.8. The Balaban J connectivity index is 2.21. The van der Waals surface area contributed by atoms with E-state index in [1.807, 2.05) is 68.6 Å². The molecule has 3 rings (SSSR count). The number of amides is 1. The molecule has 5 nitrogen and oxygen atoms in total. The molecule has 2 heterocycles. The topological polar surface area (TPSA) is 46.4 Å². The van der Waals surface area contributed by atoms with Crippen LogP contribution in [0, 0.1) is 0 Å². The van der Waals surface area contributed by atoms with Gasteiger partial charge in [-0.3, -0.25) is 9.59 Å². The molecule has 5 heteroatoms. The van der Waals surface area contributed by atoms with Gasteiger partial charge in [-0.15, -0.1) is 0 Å². The first-order valence-electron chi connectivity index (χ1n) is 13.8. The monoisotopic (exact) mass is 490 g/mol. The van der Waals surface area contributed by atoms with Crippen molar-refractivity contribution in [2.75, 3.05) is 4.90 Å². The van der Waals surface area contributed by atoms with E-state index in [1.165, 1.54) is 0 Å². The van der Waals surface area contributed by atoms with Gasteiger partial charge in [-0.25, -0.2) is 9.30 Å². The van der Waals surface area contributed by atoms with Crippen LogP contribution in [-0.2, 0) is 4.79 Å². The average Bonchev–Trinajstić information content (AvgIpc) is 3.19. The highest BCUT2D eigenvalue weighted by Gasteiger charge is 2.41. The van der Waals surface area contributed by atoms with Crippen LogP contribution in [0.5, 0.6) is 0 Å². The Bertz CT molecular complexity index is 1140. The van der Waals surface area contributed by atoms with Gasteiger partial charge in [0.15, 0.2) is 5.69 Å². The highest BCUT2D eigenvalue weighted by molar-refractivity contribution is 5.99. The van der Waals surface area contributed by atoms with Gasteiger partial charge in [0.25, 0.3) is 17.6 Å². The normalized spacial score (nSPS) is 11.7. The molecular weight excluding hydrogens is 446 g/mol. The summed E-state index contributed by atoms with van der Waals surface area (Å²) in [6.45, 7) is 10.6. The van der Waals surface area contributed by atoms with Crippen LogP contribution in [0.4, 0.5) is 5.82 Å². The van der Waals surface area contributed by atoms with Crippen LogP contribution in [-0.4, -0.2) is 21.9 Å². The number of benzene rings is 1. The van der Waals surface area contributed by atoms with Gasteiger partial charge in [-0.1, -0.05) is 88.8 Å². The van der Waals surface area contributed by atoms with Crippen molar-refractivity contribution < 1.29 is 14.0 Å². The van der Waals surface area contributed by atoms with E-state index in [1.54, 1.807) is 0 Å². The van der Waals surface area contributed by atoms with Crippen molar-refractivity contribution >= 4 is 23.3 Å². The number of hydrogen-bond acceptors (Lipinski definition) is 2. The Labute approximate surface area is 217 Å². The molecule has 1 aromatic carbocycles. The minimum atomic E-state index is -0.461. The van der Waals surface area contributed by atoms with Crippen molar-refractivity contribution in [2.24, 2.45) is 0 Å². The Kier molecular flexibility index (Phi) is 9.86. The molecule has 0 saturated heterocycles. The maximum atomic E-state index is 13.8. The molecule has 0 radical (unpaired) electrons. The number of anilines is 1. The Morgan fingerprint density at radius 3 is 2.03 bits per heavy atom. The standard InChI is InChI=1S/C31H44N3O2/c1-6-8-10-15-22-27(35)33-26-21-17-18-24-32(26)30(29(33)25-19-13-12-14-20-25)34(31(3,4)5)28(36)23-16-11-9-7-2/h12-14,17-21,24H,6-11,15-16,22-23H2,1-5H3/q+1. The lowest BCUT2D eigenvalue weighted by atomic mass is 10.0. The molecule has 2 aromatic heterocycles. The van der Waals surface area contributed by atoms with E-state index in [9.17, 15) is 9.59 Å². The predicted octanol–water partition coefficient (Wildman–Crippen LogP) is 7.61. The lowest BCUT2D eigenvalue weighted by molar-refractivity contribution is -0.496. The SMILES string of the molecule is CCCCCCC(=O)N(c1c(-c2ccccc2)n(C(=O)CCCCCC)c2cccc[n+]12)C(C)(C)C. The number of pyridine rings is 1. The van der Waals surface area contributed by atoms with E-state index in [-0.39, 0.29) is 11.8 Å². The second-order valence-electron chi connectivity index (χ2n) is 10.7. The number of aromatic nitrogens is 2. The molecule has 0 unspecified atom stereocenters. The van der Waals surface area contributed by atoms with Crippen molar-refractivity contribution in [3.8, 4) is 11.3 Å². The fourth-order valence-corrected chi connectivity index (χ4v) is 4.88. The summed E-state index contributed by atoms with van der Waals surface area (Å²) in [7, 11) is 0. The van der Waals surface area contributed by atoms with E-state index >= 15 is 0 Å². The summed E-state index contributed by atoms with van der Waals surface area (Å²) in [4.78, 5) is 29.5. The van der Waals surface area contributed by atoms with Crippen molar-refractivity contribution in [1.29, 1.82) is 0 Å². The molecule has 0 saturated carbocycles. The van der Waals surface area contributed by atoms with Gasteiger partial charge in [0.2, 0.25) is 5.65 Å². The minimum Gasteiger partial charge on any atom is -0.256 e. The first kappa shape index (κ1) is 27.6. The van der Waals surface area contributed by atoms with Crippen molar-refractivity contribution in [2.45, 2.75) is 104 Å². The van der Waals surface area contributed by atoms with Gasteiger partial charge in [-0.2, -0.15) is 4.57 Å². The summed E-state index contributed by atoms with van der Waals surface area (Å²) in [6.07, 6.45) is 11.3. The lowest BCUT2D eigenvalue weighted by Crippen LogP contribution is -2.49. The number of imidazole rings is 1. The van der Waals surface area contributed by atoms with Gasteiger partial charge >= 0.3 is 0 Å². The van der Waals surface area contributed by atoms with Gasteiger partial charge < -0.3 is 0 Å². The highest BCUT2D eigenvalue weighted by Crippen LogP contribution is 2.35. The first-order chi connectivity index (χ1) is 17.3. The average molecular weight is 491 g/mol. The van der Waals surface area contributed by atoms with E-state index in [0.29, 0.717) is 12.8 Å². The molecular formula is C31H44N3O2+. The molecule has 36 heavy (non-hydrogen) atoms. The third-order valence-electron chi connectivity index (χ3n) is 6.65. The fourth-order valence-electron chi connectivity index (χ4n) is 4.88. The maximum absolute atomic E-state index is 13.8. The summed E-state index contributed by atoms with van der Waals surface area (Å²) in [5, 5.41) is 0. The van der Waals surface area contributed by atoms with Crippen molar-refractivity contribution in [3.63, 3.8) is 0 Å². The van der Waals surface area contributed by atoms with E-state index in [4.69, 9.17) is 0 Å². The first-order valence-corrected chi connectivity index (χ1v) is 13.8. The fraction of sp³-hybridized carbons (Fsp3) is 0.516. The Morgan fingerprint density at radius 2 is 1.42 bits per heavy atom. The van der Waals surface area contributed by atoms with Crippen LogP contribution in [0.15, 0.2) is 54.7 Å². The van der Waals surface area contributed by atoms with E-state index in [0.717, 1.165) is 74.1 Å². The maximum Gasteiger partial charge on any atom is 0.287 e. The smallest absolute Gasteiger partial charge is 0.256 e. The van der Waals surface area contributed by atoms with Crippen LogP contribution < -0.4 is 9.30 Å². The van der Waals surface area contributed by atoms with Crippen molar-refractivity contribution in [3.05, 3.63) is 54.7 Å². The Morgan fingerprint density at radius 1 is 0.806 bits per heavy atom. The zero-order valence-electron chi connectivity index (χ0n) is 22.9. The summed E-state index contributed by atoms with van der Waals surface area (Å²) in [5.74, 6) is 0.942. The van der Waals surface area contributed by atoms with Gasteiger partial charge in [-0.05, 0) is 39.7 Å². The molecule has 3 aromatic rings. The molecule has 0 aliphatic heterocycles. The number of carbonyl (C=O) groups excluding carboxylic acids is 2.